The Morgan fingerprint density at radius 2 is 1.10 bits per heavy atom. The maximum absolute atomic E-state index is 4.85. The zero-order valence-electron chi connectivity index (χ0n) is 23.8. The van der Waals surface area contributed by atoms with Gasteiger partial charge in [0.25, 0.3) is 0 Å². The Hall–Kier alpha value is -0.250. The number of thioether (sulfide) groups is 1. The minimum Gasteiger partial charge on any atom is -0.385 e. The molecule has 0 aliphatic carbocycles. The van der Waals surface area contributed by atoms with Crippen molar-refractivity contribution in [1.82, 2.24) is 0 Å². The molecule has 0 aliphatic rings. The van der Waals surface area contributed by atoms with Crippen molar-refractivity contribution < 1.29 is 9.47 Å². The Balaban J connectivity index is -0.0000000425. The Bertz CT molecular complexity index is 219. The van der Waals surface area contributed by atoms with Crippen molar-refractivity contribution in [1.29, 1.82) is 0 Å². The fourth-order valence-electron chi connectivity index (χ4n) is 0.854. The predicted molar refractivity (Wildman–Crippen MR) is 146 cm³/mol. The van der Waals surface area contributed by atoms with Crippen LogP contribution in [0.3, 0.4) is 0 Å². The molecule has 0 rings (SSSR count). The van der Waals surface area contributed by atoms with Gasteiger partial charge in [0.15, 0.2) is 0 Å². The van der Waals surface area contributed by atoms with Gasteiger partial charge in [-0.2, -0.15) is 11.8 Å². The van der Waals surface area contributed by atoms with Crippen LogP contribution in [0, 0.1) is 5.92 Å². The molecule has 0 N–H and O–H groups in total. The first-order chi connectivity index (χ1) is 13.8. The van der Waals surface area contributed by atoms with Gasteiger partial charge in [-0.15, -0.1) is 0 Å². The summed E-state index contributed by atoms with van der Waals surface area (Å²) in [5.41, 5.74) is 2.72. The molecular weight excluding hydrogens is 376 g/mol. The normalized spacial score (nSPS) is 7.38. The largest absolute Gasteiger partial charge is 0.385 e. The smallest absolute Gasteiger partial charge is 0.0646 e. The van der Waals surface area contributed by atoms with E-state index in [-0.39, 0.29) is 0 Å². The third kappa shape index (κ3) is 133. The van der Waals surface area contributed by atoms with E-state index in [4.69, 9.17) is 9.47 Å². The summed E-state index contributed by atoms with van der Waals surface area (Å²) in [6.07, 6.45) is 7.56. The SMILES string of the molecule is CC.CC.CC.CC.COCC=C(C)C.COCCC(C)C.CSCC=C(C)C. The molecule has 0 fully saturated rings. The molecule has 29 heavy (non-hydrogen) atoms. The monoisotopic (exact) mass is 438 g/mol. The van der Waals surface area contributed by atoms with Gasteiger partial charge < -0.3 is 9.47 Å². The molecule has 0 atom stereocenters. The first kappa shape index (κ1) is 46.8. The number of ether oxygens (including phenoxy) is 2. The van der Waals surface area contributed by atoms with Crippen LogP contribution in [0.1, 0.15) is 103 Å². The van der Waals surface area contributed by atoms with Crippen molar-refractivity contribution in [2.75, 3.05) is 39.4 Å². The van der Waals surface area contributed by atoms with Crippen LogP contribution in [-0.2, 0) is 9.47 Å². The van der Waals surface area contributed by atoms with Crippen molar-refractivity contribution >= 4 is 11.8 Å². The number of allylic oxidation sites excluding steroid dienone is 2. The van der Waals surface area contributed by atoms with E-state index in [1.807, 2.05) is 73.2 Å². The highest BCUT2D eigenvalue weighted by molar-refractivity contribution is 7.98. The summed E-state index contributed by atoms with van der Waals surface area (Å²) in [7, 11) is 3.43. The quantitative estimate of drug-likeness (QED) is 0.368. The third-order valence-electron chi connectivity index (χ3n) is 2.22. The molecule has 0 heterocycles. The van der Waals surface area contributed by atoms with Gasteiger partial charge >= 0.3 is 0 Å². The van der Waals surface area contributed by atoms with Crippen LogP contribution in [0.4, 0.5) is 0 Å². The molecule has 0 bridgehead atoms. The van der Waals surface area contributed by atoms with Crippen LogP contribution in [0.5, 0.6) is 0 Å². The summed E-state index contributed by atoms with van der Waals surface area (Å²) in [4.78, 5) is 0. The summed E-state index contributed by atoms with van der Waals surface area (Å²) >= 11 is 1.85. The Kier molecular flexibility index (Phi) is 102. The summed E-state index contributed by atoms with van der Waals surface area (Å²) in [5, 5.41) is 0. The van der Waals surface area contributed by atoms with Crippen molar-refractivity contribution in [3.8, 4) is 0 Å². The minimum absolute atomic E-state index is 0.738. The van der Waals surface area contributed by atoms with E-state index >= 15 is 0 Å². The number of hydrogen-bond donors (Lipinski definition) is 0. The zero-order valence-corrected chi connectivity index (χ0v) is 24.6. The molecule has 0 aromatic heterocycles. The molecule has 3 heteroatoms. The molecule has 0 aromatic carbocycles. The second kappa shape index (κ2) is 63.0. The van der Waals surface area contributed by atoms with Gasteiger partial charge in [0.05, 0.1) is 6.61 Å². The lowest BCUT2D eigenvalue weighted by atomic mass is 10.1. The molecule has 0 saturated heterocycles. The summed E-state index contributed by atoms with van der Waals surface area (Å²) in [5.74, 6) is 1.93. The fraction of sp³-hybridized carbons (Fsp3) is 0.846. The van der Waals surface area contributed by atoms with E-state index in [0.717, 1.165) is 24.9 Å². The zero-order chi connectivity index (χ0) is 25.1. The molecule has 0 saturated carbocycles. The highest BCUT2D eigenvalue weighted by Gasteiger charge is 1.89. The van der Waals surface area contributed by atoms with Crippen molar-refractivity contribution in [3.63, 3.8) is 0 Å². The van der Waals surface area contributed by atoms with Gasteiger partial charge in [0.2, 0.25) is 0 Å². The summed E-state index contributed by atoms with van der Waals surface area (Å²) in [6, 6.07) is 0. The van der Waals surface area contributed by atoms with E-state index in [0.29, 0.717) is 0 Å². The summed E-state index contributed by atoms with van der Waals surface area (Å²) < 4.78 is 9.63. The van der Waals surface area contributed by atoms with Crippen molar-refractivity contribution in [2.24, 2.45) is 5.92 Å². The van der Waals surface area contributed by atoms with Gasteiger partial charge in [-0.1, -0.05) is 92.5 Å². The molecular formula is C26H62O2S. The van der Waals surface area contributed by atoms with E-state index in [1.54, 1.807) is 14.2 Å². The van der Waals surface area contributed by atoms with E-state index in [1.165, 1.54) is 17.6 Å². The van der Waals surface area contributed by atoms with Gasteiger partial charge in [-0.3, -0.25) is 0 Å². The maximum atomic E-state index is 4.85. The molecule has 0 amide bonds. The lowest BCUT2D eigenvalue weighted by molar-refractivity contribution is 0.183. The first-order valence-corrected chi connectivity index (χ1v) is 12.9. The summed E-state index contributed by atoms with van der Waals surface area (Å²) in [6.45, 7) is 30.4. The predicted octanol–water partition coefficient (Wildman–Crippen LogP) is 9.70. The Morgan fingerprint density at radius 1 is 0.724 bits per heavy atom. The molecule has 0 spiro atoms. The highest BCUT2D eigenvalue weighted by Crippen LogP contribution is 1.97. The fourth-order valence-corrected chi connectivity index (χ4v) is 1.35. The van der Waals surface area contributed by atoms with Gasteiger partial charge in [-0.05, 0) is 46.3 Å². The van der Waals surface area contributed by atoms with E-state index in [9.17, 15) is 0 Å². The van der Waals surface area contributed by atoms with Crippen LogP contribution in [0.15, 0.2) is 23.3 Å². The lowest BCUT2D eigenvalue weighted by Crippen LogP contribution is -1.93. The van der Waals surface area contributed by atoms with Crippen LogP contribution >= 0.6 is 11.8 Å². The number of methoxy groups -OCH3 is 2. The Morgan fingerprint density at radius 3 is 1.21 bits per heavy atom. The molecule has 0 aliphatic heterocycles. The van der Waals surface area contributed by atoms with Gasteiger partial charge in [-0.25, -0.2) is 0 Å². The topological polar surface area (TPSA) is 18.5 Å². The lowest BCUT2D eigenvalue weighted by Gasteiger charge is -1.99. The number of rotatable bonds is 7. The van der Waals surface area contributed by atoms with Crippen LogP contribution in [-0.4, -0.2) is 39.4 Å². The second-order valence-electron chi connectivity index (χ2n) is 5.65. The minimum atomic E-state index is 0.738. The molecule has 0 aromatic rings. The average Bonchev–Trinajstić information content (AvgIpc) is 2.75. The third-order valence-corrected chi connectivity index (χ3v) is 2.72. The highest BCUT2D eigenvalue weighted by atomic mass is 32.2. The van der Waals surface area contributed by atoms with Gasteiger partial charge in [0, 0.05) is 26.6 Å². The van der Waals surface area contributed by atoms with E-state index in [2.05, 4.69) is 53.9 Å². The maximum Gasteiger partial charge on any atom is 0.0646 e. The van der Waals surface area contributed by atoms with Crippen molar-refractivity contribution in [2.45, 2.75) is 103 Å². The second-order valence-corrected chi connectivity index (χ2v) is 6.56. The van der Waals surface area contributed by atoms with E-state index < -0.39 is 0 Å². The molecule has 0 unspecified atom stereocenters. The Labute approximate surface area is 193 Å². The standard InChI is InChI=1S/C6H14O.C6H12O.C6H12S.4C2H6/c3*1-6(2)4-5-7-3;4*1-2/h6H,4-5H2,1-3H3;2*4H,5H2,1-3H3;4*1-2H3. The number of hydrogen-bond acceptors (Lipinski definition) is 3. The van der Waals surface area contributed by atoms with Crippen LogP contribution in [0.25, 0.3) is 0 Å². The molecule has 184 valence electrons. The van der Waals surface area contributed by atoms with Gasteiger partial charge in [0.1, 0.15) is 0 Å². The first-order valence-electron chi connectivity index (χ1n) is 11.5. The van der Waals surface area contributed by atoms with Crippen LogP contribution in [0.2, 0.25) is 0 Å². The average molecular weight is 439 g/mol. The molecule has 0 radical (unpaired) electrons. The molecule has 2 nitrogen and oxygen atoms in total. The van der Waals surface area contributed by atoms with Crippen molar-refractivity contribution in [3.05, 3.63) is 23.3 Å². The van der Waals surface area contributed by atoms with Crippen LogP contribution < -0.4 is 0 Å².